The highest BCUT2D eigenvalue weighted by atomic mass is 32.1. The third-order valence-electron chi connectivity index (χ3n) is 5.20. The highest BCUT2D eigenvalue weighted by molar-refractivity contribution is 7.10. The van der Waals surface area contributed by atoms with Crippen molar-refractivity contribution in [2.24, 2.45) is 0 Å². The maximum atomic E-state index is 13.6. The number of benzene rings is 2. The second-order valence-corrected chi connectivity index (χ2v) is 8.11. The molecule has 0 N–H and O–H groups in total. The average molecular weight is 470 g/mol. The molecule has 1 aromatic heterocycles. The molecule has 0 spiro atoms. The summed E-state index contributed by atoms with van der Waals surface area (Å²) in [7, 11) is 0. The Bertz CT molecular complexity index is 1040. The predicted molar refractivity (Wildman–Crippen MR) is 128 cm³/mol. The van der Waals surface area contributed by atoms with Crippen molar-refractivity contribution in [3.63, 3.8) is 0 Å². The fraction of sp³-hybridized carbons (Fsp3) is 0.320. The minimum absolute atomic E-state index is 0.0935. The predicted octanol–water partition coefficient (Wildman–Crippen LogP) is 4.79. The Hall–Kier alpha value is -3.26. The SMILES string of the molecule is CC.O=CN1CCC(c2nc(-c3cccc(F)c3)cs2)N(C(=O)COc2ccccc2)CC1. The normalized spacial score (nSPS) is 15.8. The second kappa shape index (κ2) is 12.1. The molecule has 2 amide bonds. The summed E-state index contributed by atoms with van der Waals surface area (Å²) in [6.45, 7) is 5.30. The van der Waals surface area contributed by atoms with Gasteiger partial charge < -0.3 is 14.5 Å². The van der Waals surface area contributed by atoms with E-state index in [9.17, 15) is 14.0 Å². The lowest BCUT2D eigenvalue weighted by Gasteiger charge is -2.28. The summed E-state index contributed by atoms with van der Waals surface area (Å²) >= 11 is 1.44. The van der Waals surface area contributed by atoms with Crippen LogP contribution in [0.1, 0.15) is 31.3 Å². The quantitative estimate of drug-likeness (QED) is 0.487. The topological polar surface area (TPSA) is 62.7 Å². The molecule has 6 nitrogen and oxygen atoms in total. The van der Waals surface area contributed by atoms with E-state index in [-0.39, 0.29) is 24.4 Å². The molecule has 174 valence electrons. The number of halogens is 1. The number of nitrogens with zero attached hydrogens (tertiary/aromatic N) is 3. The zero-order valence-corrected chi connectivity index (χ0v) is 19.6. The van der Waals surface area contributed by atoms with Gasteiger partial charge >= 0.3 is 0 Å². The largest absolute Gasteiger partial charge is 0.484 e. The van der Waals surface area contributed by atoms with Crippen LogP contribution in [0.15, 0.2) is 60.0 Å². The summed E-state index contributed by atoms with van der Waals surface area (Å²) in [6.07, 6.45) is 1.39. The van der Waals surface area contributed by atoms with Gasteiger partial charge in [-0.25, -0.2) is 9.37 Å². The molecule has 1 fully saturated rings. The molecule has 2 aromatic carbocycles. The Labute approximate surface area is 197 Å². The highest BCUT2D eigenvalue weighted by Gasteiger charge is 2.31. The van der Waals surface area contributed by atoms with Crippen molar-refractivity contribution < 1.29 is 18.7 Å². The molecule has 1 atom stereocenters. The highest BCUT2D eigenvalue weighted by Crippen LogP contribution is 2.32. The molecule has 1 unspecified atom stereocenters. The van der Waals surface area contributed by atoms with Gasteiger partial charge in [-0.3, -0.25) is 9.59 Å². The van der Waals surface area contributed by atoms with Gasteiger partial charge in [0.15, 0.2) is 6.61 Å². The number of thiazole rings is 1. The molecule has 3 aromatic rings. The number of ether oxygens (including phenoxy) is 1. The fourth-order valence-corrected chi connectivity index (χ4v) is 4.55. The number of para-hydroxylation sites is 1. The number of carbonyl (C=O) groups excluding carboxylic acids is 2. The van der Waals surface area contributed by atoms with Gasteiger partial charge in [-0.05, 0) is 30.7 Å². The summed E-state index contributed by atoms with van der Waals surface area (Å²) in [5, 5.41) is 2.63. The minimum atomic E-state index is -0.321. The standard InChI is InChI=1S/C23H22FN3O3S.C2H6/c24-18-6-4-5-17(13-18)20-15-31-23(25-20)21-9-10-26(16-28)11-12-27(21)22(29)14-30-19-7-2-1-3-8-19;1-2/h1-8,13,15-16,21H,9-12,14H2;1-2H3. The van der Waals surface area contributed by atoms with Gasteiger partial charge in [0.25, 0.3) is 5.91 Å². The average Bonchev–Trinajstić information content (AvgIpc) is 3.25. The molecule has 0 saturated carbocycles. The third kappa shape index (κ3) is 6.38. The number of hydrogen-bond acceptors (Lipinski definition) is 5. The molecule has 2 heterocycles. The summed E-state index contributed by atoms with van der Waals surface area (Å²) in [5.41, 5.74) is 1.36. The van der Waals surface area contributed by atoms with Gasteiger partial charge in [-0.2, -0.15) is 0 Å². The molecule has 0 aliphatic carbocycles. The molecule has 1 aliphatic rings. The zero-order chi connectivity index (χ0) is 23.6. The van der Waals surface area contributed by atoms with Crippen molar-refractivity contribution in [2.45, 2.75) is 26.3 Å². The van der Waals surface area contributed by atoms with E-state index in [1.54, 1.807) is 34.1 Å². The molecule has 0 radical (unpaired) electrons. The number of rotatable bonds is 6. The molecule has 33 heavy (non-hydrogen) atoms. The van der Waals surface area contributed by atoms with Gasteiger partial charge in [0.05, 0.1) is 11.7 Å². The summed E-state index contributed by atoms with van der Waals surface area (Å²) in [4.78, 5) is 32.5. The molecular weight excluding hydrogens is 441 g/mol. The first-order valence-electron chi connectivity index (χ1n) is 11.0. The van der Waals surface area contributed by atoms with Crippen LogP contribution in [0.5, 0.6) is 5.75 Å². The summed E-state index contributed by atoms with van der Waals surface area (Å²) in [5.74, 6) is 0.140. The van der Waals surface area contributed by atoms with E-state index in [0.29, 0.717) is 43.1 Å². The van der Waals surface area contributed by atoms with E-state index in [0.717, 1.165) is 11.4 Å². The van der Waals surface area contributed by atoms with Crippen LogP contribution in [0.25, 0.3) is 11.3 Å². The van der Waals surface area contributed by atoms with Gasteiger partial charge in [-0.1, -0.05) is 44.2 Å². The van der Waals surface area contributed by atoms with Crippen molar-refractivity contribution in [1.82, 2.24) is 14.8 Å². The van der Waals surface area contributed by atoms with Crippen molar-refractivity contribution in [2.75, 3.05) is 26.2 Å². The van der Waals surface area contributed by atoms with E-state index in [4.69, 9.17) is 9.72 Å². The van der Waals surface area contributed by atoms with Crippen LogP contribution in [-0.2, 0) is 9.59 Å². The smallest absolute Gasteiger partial charge is 0.261 e. The Balaban J connectivity index is 0.00000149. The zero-order valence-electron chi connectivity index (χ0n) is 18.8. The first kappa shape index (κ1) is 24.4. The summed E-state index contributed by atoms with van der Waals surface area (Å²) in [6, 6.07) is 15.2. The van der Waals surface area contributed by atoms with Crippen LogP contribution in [0.4, 0.5) is 4.39 Å². The van der Waals surface area contributed by atoms with Gasteiger partial charge in [0.2, 0.25) is 6.41 Å². The fourth-order valence-electron chi connectivity index (χ4n) is 3.57. The van der Waals surface area contributed by atoms with E-state index in [1.807, 2.05) is 37.4 Å². The van der Waals surface area contributed by atoms with Crippen LogP contribution in [0.3, 0.4) is 0 Å². The Morgan fingerprint density at radius 2 is 1.94 bits per heavy atom. The number of hydrogen-bond donors (Lipinski definition) is 0. The second-order valence-electron chi connectivity index (χ2n) is 7.22. The van der Waals surface area contributed by atoms with Crippen molar-refractivity contribution in [1.29, 1.82) is 0 Å². The number of amides is 2. The monoisotopic (exact) mass is 469 g/mol. The Morgan fingerprint density at radius 3 is 2.67 bits per heavy atom. The molecular formula is C25H28FN3O3S. The first-order chi connectivity index (χ1) is 16.1. The van der Waals surface area contributed by atoms with Crippen LogP contribution in [-0.4, -0.2) is 53.3 Å². The maximum absolute atomic E-state index is 13.6. The molecule has 1 saturated heterocycles. The van der Waals surface area contributed by atoms with Gasteiger partial charge in [0.1, 0.15) is 16.6 Å². The van der Waals surface area contributed by atoms with Crippen molar-refractivity contribution in [3.05, 3.63) is 70.8 Å². The lowest BCUT2D eigenvalue weighted by Crippen LogP contribution is -2.39. The first-order valence-corrected chi connectivity index (χ1v) is 11.9. The Morgan fingerprint density at radius 1 is 1.15 bits per heavy atom. The molecule has 0 bridgehead atoms. The molecule has 8 heteroatoms. The van der Waals surface area contributed by atoms with E-state index < -0.39 is 0 Å². The van der Waals surface area contributed by atoms with E-state index >= 15 is 0 Å². The van der Waals surface area contributed by atoms with Crippen LogP contribution < -0.4 is 4.74 Å². The van der Waals surface area contributed by atoms with E-state index in [1.165, 1.54) is 23.5 Å². The van der Waals surface area contributed by atoms with Crippen LogP contribution in [0.2, 0.25) is 0 Å². The lowest BCUT2D eigenvalue weighted by atomic mass is 10.1. The number of aromatic nitrogens is 1. The van der Waals surface area contributed by atoms with Crippen molar-refractivity contribution >= 4 is 23.7 Å². The minimum Gasteiger partial charge on any atom is -0.484 e. The van der Waals surface area contributed by atoms with Crippen molar-refractivity contribution in [3.8, 4) is 17.0 Å². The van der Waals surface area contributed by atoms with Gasteiger partial charge in [0, 0.05) is 30.6 Å². The van der Waals surface area contributed by atoms with Crippen LogP contribution >= 0.6 is 11.3 Å². The van der Waals surface area contributed by atoms with E-state index in [2.05, 4.69) is 0 Å². The summed E-state index contributed by atoms with van der Waals surface area (Å²) < 4.78 is 19.3. The van der Waals surface area contributed by atoms with Crippen LogP contribution in [0, 0.1) is 5.82 Å². The maximum Gasteiger partial charge on any atom is 0.261 e. The van der Waals surface area contributed by atoms with Gasteiger partial charge in [-0.15, -0.1) is 11.3 Å². The number of carbonyl (C=O) groups is 2. The molecule has 4 rings (SSSR count). The Kier molecular flexibility index (Phi) is 8.95. The third-order valence-corrected chi connectivity index (χ3v) is 6.14. The lowest BCUT2D eigenvalue weighted by molar-refractivity contribution is -0.136. The molecule has 1 aliphatic heterocycles.